The molecule has 2 aliphatic rings. The third kappa shape index (κ3) is 3.85. The number of halogens is 1. The van der Waals surface area contributed by atoms with Crippen LogP contribution in [0, 0.1) is 11.8 Å². The summed E-state index contributed by atoms with van der Waals surface area (Å²) in [5.41, 5.74) is 5.32. The molecule has 0 aromatic carbocycles. The molecule has 1 heterocycles. The molecule has 1 aromatic heterocycles. The zero-order valence-corrected chi connectivity index (χ0v) is 14.4. The number of aliphatic imine (C=N–C) groups is 1. The Balaban J connectivity index is 0.00000161. The maximum absolute atomic E-state index is 10.6. The fourth-order valence-electron chi connectivity index (χ4n) is 3.70. The largest absolute Gasteiger partial charge is 0.390 e. The molecule has 6 heteroatoms. The summed E-state index contributed by atoms with van der Waals surface area (Å²) >= 11 is 0. The van der Waals surface area contributed by atoms with Crippen LogP contribution in [0.1, 0.15) is 32.1 Å². The number of anilines is 1. The predicted octanol–water partition coefficient (Wildman–Crippen LogP) is 2.37. The van der Waals surface area contributed by atoms with Gasteiger partial charge in [-0.3, -0.25) is 4.99 Å². The van der Waals surface area contributed by atoms with Crippen LogP contribution in [-0.2, 0) is 0 Å². The van der Waals surface area contributed by atoms with Gasteiger partial charge in [0, 0.05) is 12.7 Å². The average Bonchev–Trinajstić information content (AvgIpc) is 3.00. The van der Waals surface area contributed by atoms with Crippen molar-refractivity contribution in [1.82, 2.24) is 4.98 Å². The molecule has 5 nitrogen and oxygen atoms in total. The second-order valence-electron chi connectivity index (χ2n) is 6.04. The van der Waals surface area contributed by atoms with E-state index in [0.717, 1.165) is 12.3 Å². The van der Waals surface area contributed by atoms with Crippen molar-refractivity contribution in [1.29, 1.82) is 0 Å². The van der Waals surface area contributed by atoms with E-state index in [0.29, 0.717) is 30.7 Å². The minimum absolute atomic E-state index is 0. The molecule has 2 fully saturated rings. The van der Waals surface area contributed by atoms with Gasteiger partial charge in [0.25, 0.3) is 0 Å². The molecule has 3 unspecified atom stereocenters. The average molecular weight is 402 g/mol. The number of nitrogens with one attached hydrogen (secondary N) is 1. The molecular formula is C15H23IN4O. The van der Waals surface area contributed by atoms with Gasteiger partial charge < -0.3 is 16.2 Å². The standard InChI is InChI=1S/C15H22N4O.HI/c16-14(19-13-3-1-2-7-17-13)18-8-6-15(20)10-11-4-5-12(15)9-11;/h1-3,7,11-12,20H,4-6,8-10H2,(H3,16,17,18,19);1H. The van der Waals surface area contributed by atoms with Crippen molar-refractivity contribution in [3.8, 4) is 0 Å². The highest BCUT2D eigenvalue weighted by Crippen LogP contribution is 2.52. The summed E-state index contributed by atoms with van der Waals surface area (Å²) in [6.07, 6.45) is 7.02. The van der Waals surface area contributed by atoms with Gasteiger partial charge in [-0.05, 0) is 56.1 Å². The van der Waals surface area contributed by atoms with Crippen LogP contribution < -0.4 is 11.1 Å². The molecule has 3 atom stereocenters. The van der Waals surface area contributed by atoms with E-state index in [4.69, 9.17) is 5.73 Å². The molecule has 2 bridgehead atoms. The Morgan fingerprint density at radius 2 is 2.33 bits per heavy atom. The first-order chi connectivity index (χ1) is 9.66. The van der Waals surface area contributed by atoms with Gasteiger partial charge >= 0.3 is 0 Å². The van der Waals surface area contributed by atoms with E-state index in [1.807, 2.05) is 18.2 Å². The Labute approximate surface area is 142 Å². The number of pyridine rings is 1. The SMILES string of the molecule is I.NC(=NCCC1(O)CC2CCC1C2)Nc1ccccn1. The van der Waals surface area contributed by atoms with Gasteiger partial charge in [0.05, 0.1) is 5.60 Å². The lowest BCUT2D eigenvalue weighted by Gasteiger charge is -2.31. The van der Waals surface area contributed by atoms with Crippen molar-refractivity contribution >= 4 is 35.8 Å². The van der Waals surface area contributed by atoms with E-state index in [1.54, 1.807) is 6.20 Å². The highest BCUT2D eigenvalue weighted by molar-refractivity contribution is 14.0. The number of aromatic nitrogens is 1. The molecule has 0 spiro atoms. The van der Waals surface area contributed by atoms with E-state index in [1.165, 1.54) is 19.3 Å². The van der Waals surface area contributed by atoms with Crippen molar-refractivity contribution in [2.75, 3.05) is 11.9 Å². The molecule has 3 rings (SSSR count). The lowest BCUT2D eigenvalue weighted by Crippen LogP contribution is -2.36. The van der Waals surface area contributed by atoms with Crippen LogP contribution in [-0.4, -0.2) is 28.2 Å². The lowest BCUT2D eigenvalue weighted by atomic mass is 9.82. The third-order valence-corrected chi connectivity index (χ3v) is 4.69. The van der Waals surface area contributed by atoms with Gasteiger partial charge in [-0.15, -0.1) is 24.0 Å². The van der Waals surface area contributed by atoms with Gasteiger partial charge in [0.1, 0.15) is 5.82 Å². The van der Waals surface area contributed by atoms with E-state index >= 15 is 0 Å². The van der Waals surface area contributed by atoms with Gasteiger partial charge in [0.15, 0.2) is 5.96 Å². The summed E-state index contributed by atoms with van der Waals surface area (Å²) in [5, 5.41) is 13.6. The number of guanidine groups is 1. The van der Waals surface area contributed by atoms with Gasteiger partial charge in [-0.25, -0.2) is 4.98 Å². The van der Waals surface area contributed by atoms with Crippen molar-refractivity contribution in [2.45, 2.75) is 37.7 Å². The van der Waals surface area contributed by atoms with Crippen LogP contribution in [0.15, 0.2) is 29.4 Å². The zero-order chi connectivity index (χ0) is 14.0. The highest BCUT2D eigenvalue weighted by atomic mass is 127. The number of nitrogens with zero attached hydrogens (tertiary/aromatic N) is 2. The molecule has 0 amide bonds. The van der Waals surface area contributed by atoms with Crippen LogP contribution in [0.4, 0.5) is 5.82 Å². The number of hydrogen-bond acceptors (Lipinski definition) is 3. The van der Waals surface area contributed by atoms with Gasteiger partial charge in [-0.1, -0.05) is 6.07 Å². The molecule has 1 aromatic rings. The van der Waals surface area contributed by atoms with Crippen LogP contribution >= 0.6 is 24.0 Å². The van der Waals surface area contributed by atoms with Crippen molar-refractivity contribution in [3.05, 3.63) is 24.4 Å². The molecule has 0 radical (unpaired) electrons. The van der Waals surface area contributed by atoms with Crippen LogP contribution in [0.3, 0.4) is 0 Å². The van der Waals surface area contributed by atoms with Crippen LogP contribution in [0.25, 0.3) is 0 Å². The summed E-state index contributed by atoms with van der Waals surface area (Å²) < 4.78 is 0. The Bertz CT molecular complexity index is 496. The Kier molecular flexibility index (Phi) is 5.43. The first kappa shape index (κ1) is 16.5. The molecule has 4 N–H and O–H groups in total. The molecule has 21 heavy (non-hydrogen) atoms. The number of nitrogens with two attached hydrogens (primary N) is 1. The van der Waals surface area contributed by atoms with Gasteiger partial charge in [-0.2, -0.15) is 0 Å². The number of aliphatic hydroxyl groups is 1. The quantitative estimate of drug-likeness (QED) is 0.410. The van der Waals surface area contributed by atoms with Crippen molar-refractivity contribution < 1.29 is 5.11 Å². The molecular weight excluding hydrogens is 379 g/mol. The van der Waals surface area contributed by atoms with E-state index in [9.17, 15) is 5.11 Å². The van der Waals surface area contributed by atoms with Crippen molar-refractivity contribution in [3.63, 3.8) is 0 Å². The molecule has 0 saturated heterocycles. The number of hydrogen-bond donors (Lipinski definition) is 3. The third-order valence-electron chi connectivity index (χ3n) is 4.69. The summed E-state index contributed by atoms with van der Waals surface area (Å²) in [6.45, 7) is 0.561. The van der Waals surface area contributed by atoms with Crippen LogP contribution in [0.2, 0.25) is 0 Å². The maximum Gasteiger partial charge on any atom is 0.194 e. The number of fused-ring (bicyclic) bond motifs is 2. The zero-order valence-electron chi connectivity index (χ0n) is 12.0. The predicted molar refractivity (Wildman–Crippen MR) is 94.8 cm³/mol. The fourth-order valence-corrected chi connectivity index (χ4v) is 3.70. The monoisotopic (exact) mass is 402 g/mol. The molecule has 116 valence electrons. The second-order valence-corrected chi connectivity index (χ2v) is 6.04. The van der Waals surface area contributed by atoms with Crippen LogP contribution in [0.5, 0.6) is 0 Å². The summed E-state index contributed by atoms with van der Waals surface area (Å²) in [4.78, 5) is 8.42. The molecule has 0 aliphatic heterocycles. The normalized spacial score (nSPS) is 31.0. The van der Waals surface area contributed by atoms with E-state index in [-0.39, 0.29) is 24.0 Å². The Hall–Kier alpha value is -0.890. The second kappa shape index (κ2) is 6.91. The van der Waals surface area contributed by atoms with E-state index in [2.05, 4.69) is 15.3 Å². The summed E-state index contributed by atoms with van der Waals surface area (Å²) in [7, 11) is 0. The first-order valence-corrected chi connectivity index (χ1v) is 7.36. The van der Waals surface area contributed by atoms with Crippen molar-refractivity contribution in [2.24, 2.45) is 22.6 Å². The topological polar surface area (TPSA) is 83.5 Å². The minimum atomic E-state index is -0.502. The summed E-state index contributed by atoms with van der Waals surface area (Å²) in [5.74, 6) is 2.26. The first-order valence-electron chi connectivity index (χ1n) is 7.36. The smallest absolute Gasteiger partial charge is 0.194 e. The maximum atomic E-state index is 10.6. The molecule has 2 saturated carbocycles. The van der Waals surface area contributed by atoms with Gasteiger partial charge in [0.2, 0.25) is 0 Å². The highest BCUT2D eigenvalue weighted by Gasteiger charge is 2.49. The lowest BCUT2D eigenvalue weighted by molar-refractivity contribution is -0.0181. The Morgan fingerprint density at radius 1 is 1.48 bits per heavy atom. The summed E-state index contributed by atoms with van der Waals surface area (Å²) in [6, 6.07) is 5.58. The Morgan fingerprint density at radius 3 is 2.95 bits per heavy atom. The minimum Gasteiger partial charge on any atom is -0.390 e. The van der Waals surface area contributed by atoms with E-state index < -0.39 is 5.60 Å². The fraction of sp³-hybridized carbons (Fsp3) is 0.600. The number of rotatable bonds is 4. The molecule has 2 aliphatic carbocycles.